The van der Waals surface area contributed by atoms with Crippen molar-refractivity contribution in [2.75, 3.05) is 25.6 Å². The van der Waals surface area contributed by atoms with Gasteiger partial charge >= 0.3 is 6.18 Å². The number of aryl methyl sites for hydroxylation is 1. The van der Waals surface area contributed by atoms with Gasteiger partial charge in [0.05, 0.1) is 5.69 Å². The summed E-state index contributed by atoms with van der Waals surface area (Å²) in [5, 5.41) is 2.81. The van der Waals surface area contributed by atoms with Crippen LogP contribution in [0.4, 0.5) is 19.1 Å². The van der Waals surface area contributed by atoms with Gasteiger partial charge in [-0.1, -0.05) is 29.8 Å². The van der Waals surface area contributed by atoms with Crippen molar-refractivity contribution < 1.29 is 17.9 Å². The maximum Gasteiger partial charge on any atom is 0.433 e. The summed E-state index contributed by atoms with van der Waals surface area (Å²) in [5.41, 5.74) is 0.916. The van der Waals surface area contributed by atoms with Crippen LogP contribution < -0.4 is 5.32 Å². The summed E-state index contributed by atoms with van der Waals surface area (Å²) in [4.78, 5) is 7.74. The molecule has 0 saturated heterocycles. The summed E-state index contributed by atoms with van der Waals surface area (Å²) in [5.74, 6) is -0.0356. The molecule has 1 aromatic carbocycles. The van der Waals surface area contributed by atoms with Crippen LogP contribution in [0.25, 0.3) is 11.3 Å². The Morgan fingerprint density at radius 1 is 1.13 bits per heavy atom. The molecule has 1 heterocycles. The van der Waals surface area contributed by atoms with Crippen molar-refractivity contribution in [3.8, 4) is 11.3 Å². The van der Waals surface area contributed by atoms with Crippen LogP contribution in [0.5, 0.6) is 0 Å². The molecular weight excluding hydrogens is 307 g/mol. The lowest BCUT2D eigenvalue weighted by Crippen LogP contribution is -2.14. The van der Waals surface area contributed by atoms with E-state index in [0.717, 1.165) is 11.6 Å². The lowest BCUT2D eigenvalue weighted by Gasteiger charge is -2.12. The van der Waals surface area contributed by atoms with Crippen molar-refractivity contribution in [1.82, 2.24) is 9.97 Å². The number of alkyl halides is 3. The minimum atomic E-state index is -4.52. The van der Waals surface area contributed by atoms with Gasteiger partial charge < -0.3 is 10.1 Å². The lowest BCUT2D eigenvalue weighted by molar-refractivity contribution is -0.141. The second-order valence-corrected chi connectivity index (χ2v) is 5.10. The van der Waals surface area contributed by atoms with Gasteiger partial charge in [-0.05, 0) is 19.4 Å². The Balaban J connectivity index is 2.31. The molecule has 23 heavy (non-hydrogen) atoms. The highest BCUT2D eigenvalue weighted by Gasteiger charge is 2.33. The molecule has 0 fully saturated rings. The first-order chi connectivity index (χ1) is 10.9. The fraction of sp³-hybridized carbons (Fsp3) is 0.375. The predicted octanol–water partition coefficient (Wildman–Crippen LogP) is 3.92. The van der Waals surface area contributed by atoms with E-state index < -0.39 is 11.9 Å². The number of hydrogen-bond donors (Lipinski definition) is 1. The number of halogens is 3. The van der Waals surface area contributed by atoms with E-state index in [0.29, 0.717) is 25.1 Å². The molecule has 0 amide bonds. The average Bonchev–Trinajstić information content (AvgIpc) is 2.51. The van der Waals surface area contributed by atoms with Crippen LogP contribution in [-0.4, -0.2) is 30.2 Å². The topological polar surface area (TPSA) is 47.0 Å². The zero-order valence-electron chi connectivity index (χ0n) is 12.9. The Hall–Kier alpha value is -2.15. The first-order valence-corrected chi connectivity index (χ1v) is 7.16. The van der Waals surface area contributed by atoms with E-state index in [4.69, 9.17) is 4.74 Å². The molecule has 0 spiro atoms. The van der Waals surface area contributed by atoms with E-state index in [2.05, 4.69) is 15.3 Å². The van der Waals surface area contributed by atoms with Gasteiger partial charge in [0.2, 0.25) is 5.95 Å². The minimum Gasteiger partial charge on any atom is -0.385 e. The monoisotopic (exact) mass is 325 g/mol. The van der Waals surface area contributed by atoms with Crippen LogP contribution in [0.1, 0.15) is 17.7 Å². The number of benzene rings is 1. The molecule has 124 valence electrons. The van der Waals surface area contributed by atoms with Gasteiger partial charge in [-0.3, -0.25) is 0 Å². The predicted molar refractivity (Wildman–Crippen MR) is 82.2 cm³/mol. The molecule has 4 nitrogen and oxygen atoms in total. The third-order valence-corrected chi connectivity index (χ3v) is 3.17. The van der Waals surface area contributed by atoms with Crippen molar-refractivity contribution in [2.45, 2.75) is 19.5 Å². The van der Waals surface area contributed by atoms with Crippen molar-refractivity contribution in [1.29, 1.82) is 0 Å². The molecule has 7 heteroatoms. The number of ether oxygens (including phenoxy) is 1. The summed E-state index contributed by atoms with van der Waals surface area (Å²) in [6.07, 6.45) is -3.87. The maximum absolute atomic E-state index is 13.0. The molecule has 0 aliphatic heterocycles. The summed E-state index contributed by atoms with van der Waals surface area (Å²) in [7, 11) is 1.57. The Labute approximate surface area is 132 Å². The van der Waals surface area contributed by atoms with Gasteiger partial charge in [0.1, 0.15) is 0 Å². The summed E-state index contributed by atoms with van der Waals surface area (Å²) in [6, 6.07) is 8.11. The molecule has 2 aromatic rings. The molecule has 1 N–H and O–H groups in total. The molecule has 0 radical (unpaired) electrons. The number of rotatable bonds is 6. The summed E-state index contributed by atoms with van der Waals surface area (Å²) < 4.78 is 44.0. The average molecular weight is 325 g/mol. The van der Waals surface area contributed by atoms with E-state index in [9.17, 15) is 13.2 Å². The number of aromatic nitrogens is 2. The van der Waals surface area contributed by atoms with E-state index in [1.807, 2.05) is 19.1 Å². The molecule has 1 aromatic heterocycles. The number of hydrogen-bond acceptors (Lipinski definition) is 4. The van der Waals surface area contributed by atoms with E-state index in [1.165, 1.54) is 0 Å². The Morgan fingerprint density at radius 3 is 2.43 bits per heavy atom. The molecule has 0 aliphatic carbocycles. The fourth-order valence-electron chi connectivity index (χ4n) is 1.96. The largest absolute Gasteiger partial charge is 0.433 e. The van der Waals surface area contributed by atoms with E-state index in [-0.39, 0.29) is 11.6 Å². The zero-order chi connectivity index (χ0) is 16.9. The normalized spacial score (nSPS) is 11.5. The van der Waals surface area contributed by atoms with Crippen LogP contribution >= 0.6 is 0 Å². The highest BCUT2D eigenvalue weighted by Crippen LogP contribution is 2.31. The molecule has 0 aliphatic rings. The fourth-order valence-corrected chi connectivity index (χ4v) is 1.96. The van der Waals surface area contributed by atoms with Gasteiger partial charge in [0.15, 0.2) is 5.69 Å². The SMILES string of the molecule is COCCCNc1nc(-c2ccc(C)cc2)cc(C(F)(F)F)n1. The summed E-state index contributed by atoms with van der Waals surface area (Å²) in [6.45, 7) is 2.85. The van der Waals surface area contributed by atoms with Crippen molar-refractivity contribution >= 4 is 5.95 Å². The molecular formula is C16H18F3N3O. The van der Waals surface area contributed by atoms with Crippen LogP contribution in [-0.2, 0) is 10.9 Å². The maximum atomic E-state index is 13.0. The highest BCUT2D eigenvalue weighted by molar-refractivity contribution is 5.61. The van der Waals surface area contributed by atoms with Gasteiger partial charge in [0.25, 0.3) is 0 Å². The first-order valence-electron chi connectivity index (χ1n) is 7.16. The summed E-state index contributed by atoms with van der Waals surface area (Å²) >= 11 is 0. The van der Waals surface area contributed by atoms with Gasteiger partial charge in [-0.15, -0.1) is 0 Å². The van der Waals surface area contributed by atoms with Crippen molar-refractivity contribution in [2.24, 2.45) is 0 Å². The Morgan fingerprint density at radius 2 is 1.83 bits per heavy atom. The molecule has 2 rings (SSSR count). The Kier molecular flexibility index (Phi) is 5.54. The first kappa shape index (κ1) is 17.2. The van der Waals surface area contributed by atoms with Crippen LogP contribution in [0.3, 0.4) is 0 Å². The molecule has 0 saturated carbocycles. The molecule has 0 atom stereocenters. The second-order valence-electron chi connectivity index (χ2n) is 5.10. The molecule has 0 bridgehead atoms. The number of anilines is 1. The van der Waals surface area contributed by atoms with E-state index >= 15 is 0 Å². The van der Waals surface area contributed by atoms with Crippen LogP contribution in [0.2, 0.25) is 0 Å². The highest BCUT2D eigenvalue weighted by atomic mass is 19.4. The van der Waals surface area contributed by atoms with Crippen LogP contribution in [0.15, 0.2) is 30.3 Å². The van der Waals surface area contributed by atoms with Crippen LogP contribution in [0, 0.1) is 6.92 Å². The standard InChI is InChI=1S/C16H18F3N3O/c1-11-4-6-12(7-5-11)13-10-14(16(17,18)19)22-15(21-13)20-8-3-9-23-2/h4-7,10H,3,8-9H2,1-2H3,(H,20,21,22). The molecule has 0 unspecified atom stereocenters. The number of nitrogens with one attached hydrogen (secondary N) is 1. The van der Waals surface area contributed by atoms with Gasteiger partial charge in [-0.2, -0.15) is 13.2 Å². The smallest absolute Gasteiger partial charge is 0.385 e. The van der Waals surface area contributed by atoms with E-state index in [1.54, 1.807) is 19.2 Å². The van der Waals surface area contributed by atoms with Gasteiger partial charge in [0, 0.05) is 25.8 Å². The number of nitrogens with zero attached hydrogens (tertiary/aromatic N) is 2. The lowest BCUT2D eigenvalue weighted by atomic mass is 10.1. The minimum absolute atomic E-state index is 0.0356. The second kappa shape index (κ2) is 7.41. The zero-order valence-corrected chi connectivity index (χ0v) is 12.9. The third-order valence-electron chi connectivity index (χ3n) is 3.17. The van der Waals surface area contributed by atoms with Crippen molar-refractivity contribution in [3.05, 3.63) is 41.6 Å². The Bertz CT molecular complexity index is 642. The number of methoxy groups -OCH3 is 1. The van der Waals surface area contributed by atoms with Crippen molar-refractivity contribution in [3.63, 3.8) is 0 Å². The van der Waals surface area contributed by atoms with Gasteiger partial charge in [-0.25, -0.2) is 9.97 Å². The third kappa shape index (κ3) is 4.92. The quantitative estimate of drug-likeness (QED) is 0.818.